The number of nitrogens with one attached hydrogen (secondary N) is 1. The summed E-state index contributed by atoms with van der Waals surface area (Å²) in [4.78, 5) is 42.0. The number of para-hydroxylation sites is 1. The monoisotopic (exact) mass is 387 g/mol. The summed E-state index contributed by atoms with van der Waals surface area (Å²) in [6.45, 7) is -0.675. The fraction of sp³-hybridized carbons (Fsp3) is 0.111. The van der Waals surface area contributed by atoms with Gasteiger partial charge in [-0.3, -0.25) is 9.59 Å². The number of rotatable bonds is 6. The first kappa shape index (κ1) is 18.4. The molecule has 0 bridgehead atoms. The van der Waals surface area contributed by atoms with E-state index in [1.165, 1.54) is 18.2 Å². The summed E-state index contributed by atoms with van der Waals surface area (Å²) >= 11 is 5.86. The highest BCUT2D eigenvalue weighted by atomic mass is 35.5. The second-order valence-corrected chi connectivity index (χ2v) is 5.92. The first-order valence-corrected chi connectivity index (χ1v) is 8.17. The maximum absolute atomic E-state index is 12.0. The number of hydrogen-bond acceptors (Lipinski definition) is 6. The van der Waals surface area contributed by atoms with Crippen LogP contribution in [0.4, 0.5) is 0 Å². The Kier molecular flexibility index (Phi) is 5.37. The molecule has 0 saturated carbocycles. The van der Waals surface area contributed by atoms with Gasteiger partial charge in [0.15, 0.2) is 6.61 Å². The van der Waals surface area contributed by atoms with Crippen LogP contribution in [0.3, 0.4) is 0 Å². The van der Waals surface area contributed by atoms with Crippen molar-refractivity contribution < 1.29 is 19.1 Å². The number of aromatic nitrogens is 2. The molecule has 27 heavy (non-hydrogen) atoms. The fourth-order valence-corrected chi connectivity index (χ4v) is 2.52. The minimum atomic E-state index is -0.701. The number of halogens is 1. The zero-order valence-corrected chi connectivity index (χ0v) is 14.7. The third-order valence-corrected chi connectivity index (χ3v) is 3.82. The van der Waals surface area contributed by atoms with Crippen LogP contribution in [-0.2, 0) is 16.1 Å². The minimum Gasteiger partial charge on any atom is -0.481 e. The lowest BCUT2D eigenvalue weighted by atomic mass is 10.2. The standard InChI is InChI=1S/C18H14ClN3O5/c19-10-5-6-13-12(7-10)18(25)22-15(21-13)8-27-16(23)9-26-14-4-2-1-3-11(14)17(20)24/h1-7H,8-9H2,(H2,20,24)(H,21,22,25). The molecule has 0 atom stereocenters. The maximum Gasteiger partial charge on any atom is 0.344 e. The second-order valence-electron chi connectivity index (χ2n) is 5.48. The number of primary amides is 1. The van der Waals surface area contributed by atoms with E-state index in [2.05, 4.69) is 9.97 Å². The van der Waals surface area contributed by atoms with Crippen molar-refractivity contribution in [1.29, 1.82) is 0 Å². The van der Waals surface area contributed by atoms with Crippen molar-refractivity contribution in [1.82, 2.24) is 9.97 Å². The summed E-state index contributed by atoms with van der Waals surface area (Å²) in [6.07, 6.45) is 0. The molecule has 9 heteroatoms. The molecule has 1 aromatic heterocycles. The largest absolute Gasteiger partial charge is 0.481 e. The number of esters is 1. The third-order valence-electron chi connectivity index (χ3n) is 3.58. The zero-order chi connectivity index (χ0) is 19.4. The summed E-state index contributed by atoms with van der Waals surface area (Å²) < 4.78 is 10.3. The molecule has 8 nitrogen and oxygen atoms in total. The molecule has 0 aliphatic heterocycles. The van der Waals surface area contributed by atoms with Crippen LogP contribution in [0.1, 0.15) is 16.2 Å². The summed E-state index contributed by atoms with van der Waals surface area (Å²) in [5, 5.41) is 0.756. The number of hydrogen-bond donors (Lipinski definition) is 2. The molecule has 0 saturated heterocycles. The Hall–Kier alpha value is -3.39. The SMILES string of the molecule is NC(=O)c1ccccc1OCC(=O)OCc1nc2ccc(Cl)cc2c(=O)[nH]1. The van der Waals surface area contributed by atoms with Crippen molar-refractivity contribution in [2.75, 3.05) is 6.61 Å². The lowest BCUT2D eigenvalue weighted by Crippen LogP contribution is -2.19. The molecular weight excluding hydrogens is 374 g/mol. The van der Waals surface area contributed by atoms with Crippen molar-refractivity contribution in [3.63, 3.8) is 0 Å². The van der Waals surface area contributed by atoms with Gasteiger partial charge in [-0.05, 0) is 30.3 Å². The van der Waals surface area contributed by atoms with E-state index >= 15 is 0 Å². The van der Waals surface area contributed by atoms with E-state index in [0.717, 1.165) is 0 Å². The van der Waals surface area contributed by atoms with Crippen LogP contribution in [0.15, 0.2) is 47.3 Å². The highest BCUT2D eigenvalue weighted by molar-refractivity contribution is 6.31. The van der Waals surface area contributed by atoms with Gasteiger partial charge in [-0.15, -0.1) is 0 Å². The lowest BCUT2D eigenvalue weighted by Gasteiger charge is -2.09. The molecule has 0 aliphatic carbocycles. The Labute approximate surface area is 157 Å². The summed E-state index contributed by atoms with van der Waals surface area (Å²) in [7, 11) is 0. The average Bonchev–Trinajstić information content (AvgIpc) is 2.65. The molecule has 3 N–H and O–H groups in total. The van der Waals surface area contributed by atoms with Crippen molar-refractivity contribution >= 4 is 34.4 Å². The highest BCUT2D eigenvalue weighted by Crippen LogP contribution is 2.17. The van der Waals surface area contributed by atoms with Gasteiger partial charge in [0.2, 0.25) is 0 Å². The van der Waals surface area contributed by atoms with Gasteiger partial charge in [-0.1, -0.05) is 23.7 Å². The van der Waals surface area contributed by atoms with Crippen LogP contribution >= 0.6 is 11.6 Å². The van der Waals surface area contributed by atoms with Crippen LogP contribution in [0, 0.1) is 0 Å². The molecule has 0 unspecified atom stereocenters. The molecule has 0 spiro atoms. The normalized spacial score (nSPS) is 10.6. The molecule has 138 valence electrons. The fourth-order valence-electron chi connectivity index (χ4n) is 2.35. The van der Waals surface area contributed by atoms with E-state index in [1.54, 1.807) is 24.3 Å². The van der Waals surface area contributed by atoms with E-state index in [9.17, 15) is 14.4 Å². The molecule has 0 fully saturated rings. The van der Waals surface area contributed by atoms with Crippen molar-refractivity contribution in [3.05, 3.63) is 69.2 Å². The number of aromatic amines is 1. The van der Waals surface area contributed by atoms with Crippen LogP contribution in [0.2, 0.25) is 5.02 Å². The van der Waals surface area contributed by atoms with Gasteiger partial charge in [0.1, 0.15) is 18.2 Å². The molecule has 2 aromatic carbocycles. The van der Waals surface area contributed by atoms with Crippen LogP contribution in [0.5, 0.6) is 5.75 Å². The first-order valence-electron chi connectivity index (χ1n) is 7.80. The lowest BCUT2D eigenvalue weighted by molar-refractivity contribution is -0.147. The molecule has 3 aromatic rings. The average molecular weight is 388 g/mol. The number of ether oxygens (including phenoxy) is 2. The van der Waals surface area contributed by atoms with Gasteiger partial charge >= 0.3 is 5.97 Å². The van der Waals surface area contributed by atoms with Gasteiger partial charge in [-0.2, -0.15) is 0 Å². The van der Waals surface area contributed by atoms with Crippen LogP contribution in [-0.4, -0.2) is 28.5 Å². The number of carbonyl (C=O) groups is 2. The molecule has 1 amide bonds. The Morgan fingerprint density at radius 2 is 1.96 bits per heavy atom. The number of carbonyl (C=O) groups excluding carboxylic acids is 2. The van der Waals surface area contributed by atoms with E-state index in [4.69, 9.17) is 26.8 Å². The number of benzene rings is 2. The van der Waals surface area contributed by atoms with Crippen LogP contribution in [0.25, 0.3) is 10.9 Å². The Balaban J connectivity index is 1.63. The highest BCUT2D eigenvalue weighted by Gasteiger charge is 2.12. The molecule has 0 radical (unpaired) electrons. The van der Waals surface area contributed by atoms with Crippen molar-refractivity contribution in [3.8, 4) is 5.75 Å². The molecule has 0 aliphatic rings. The summed E-state index contributed by atoms with van der Waals surface area (Å²) in [5.74, 6) is -1.01. The maximum atomic E-state index is 12.0. The predicted molar refractivity (Wildman–Crippen MR) is 97.6 cm³/mol. The van der Waals surface area contributed by atoms with Gasteiger partial charge in [-0.25, -0.2) is 9.78 Å². The van der Waals surface area contributed by atoms with Gasteiger partial charge < -0.3 is 20.2 Å². The van der Waals surface area contributed by atoms with E-state index in [1.807, 2.05) is 0 Å². The second kappa shape index (κ2) is 7.88. The molecule has 1 heterocycles. The third kappa shape index (κ3) is 4.42. The molecule has 3 rings (SSSR count). The quantitative estimate of drug-likeness (QED) is 0.621. The Bertz CT molecular complexity index is 1080. The summed E-state index contributed by atoms with van der Waals surface area (Å²) in [5.41, 5.74) is 5.44. The predicted octanol–water partition coefficient (Wildman–Crippen LogP) is 1.80. The van der Waals surface area contributed by atoms with E-state index in [0.29, 0.717) is 15.9 Å². The number of fused-ring (bicyclic) bond motifs is 1. The van der Waals surface area contributed by atoms with Gasteiger partial charge in [0.05, 0.1) is 16.5 Å². The zero-order valence-electron chi connectivity index (χ0n) is 13.9. The Morgan fingerprint density at radius 3 is 2.74 bits per heavy atom. The topological polar surface area (TPSA) is 124 Å². The van der Waals surface area contributed by atoms with E-state index in [-0.39, 0.29) is 29.3 Å². The Morgan fingerprint density at radius 1 is 1.19 bits per heavy atom. The number of amides is 1. The first-order chi connectivity index (χ1) is 12.9. The smallest absolute Gasteiger partial charge is 0.344 e. The van der Waals surface area contributed by atoms with Crippen LogP contribution < -0.4 is 16.0 Å². The number of nitrogens with zero attached hydrogens (tertiary/aromatic N) is 1. The van der Waals surface area contributed by atoms with Crippen molar-refractivity contribution in [2.45, 2.75) is 6.61 Å². The van der Waals surface area contributed by atoms with Gasteiger partial charge in [0, 0.05) is 5.02 Å². The molecular formula is C18H14ClN3O5. The number of nitrogens with two attached hydrogens (primary N) is 1. The van der Waals surface area contributed by atoms with E-state index < -0.39 is 18.5 Å². The summed E-state index contributed by atoms with van der Waals surface area (Å²) in [6, 6.07) is 11.0. The number of H-pyrrole nitrogens is 1. The van der Waals surface area contributed by atoms with Crippen molar-refractivity contribution in [2.24, 2.45) is 5.73 Å². The van der Waals surface area contributed by atoms with Gasteiger partial charge in [0.25, 0.3) is 11.5 Å². The minimum absolute atomic E-state index is 0.157.